The molecule has 0 radical (unpaired) electrons. The van der Waals surface area contributed by atoms with Gasteiger partial charge < -0.3 is 10.5 Å². The highest BCUT2D eigenvalue weighted by atomic mass is 32.1. The van der Waals surface area contributed by atoms with Gasteiger partial charge in [-0.15, -0.1) is 0 Å². The largest absolute Gasteiger partial charge is 0.412 e. The Morgan fingerprint density at radius 1 is 1.40 bits per heavy atom. The first-order valence-corrected chi connectivity index (χ1v) is 5.54. The van der Waals surface area contributed by atoms with Crippen LogP contribution in [0, 0.1) is 0 Å². The van der Waals surface area contributed by atoms with E-state index in [-0.39, 0.29) is 11.2 Å². The van der Waals surface area contributed by atoms with Crippen molar-refractivity contribution in [3.05, 3.63) is 0 Å². The number of amides is 1. The third kappa shape index (κ3) is 8.30. The maximum absolute atomic E-state index is 10.9. The Kier molecular flexibility index (Phi) is 6.40. The first-order valence-electron chi connectivity index (χ1n) is 5.10. The lowest BCUT2D eigenvalue weighted by Crippen LogP contribution is -2.18. The summed E-state index contributed by atoms with van der Waals surface area (Å²) < 4.78 is 4.21. The Balaban J connectivity index is 3.55. The molecule has 0 bridgehead atoms. The molecule has 0 spiro atoms. The number of nitrogens with two attached hydrogens (primary N) is 1. The van der Waals surface area contributed by atoms with Crippen molar-refractivity contribution in [3.8, 4) is 0 Å². The van der Waals surface area contributed by atoms with Gasteiger partial charge in [0.05, 0.1) is 0 Å². The van der Waals surface area contributed by atoms with Gasteiger partial charge in [-0.3, -0.25) is 4.79 Å². The third-order valence-electron chi connectivity index (χ3n) is 2.32. The number of carbonyl (C=O) groups excluding carboxylic acids is 2. The summed E-state index contributed by atoms with van der Waals surface area (Å²) in [6.45, 7) is 4.15. The molecule has 1 atom stereocenters. The number of ether oxygens (including phenoxy) is 1. The molecule has 4 nitrogen and oxygen atoms in total. The maximum Gasteiger partial charge on any atom is 0.412 e. The number of esters is 1. The first kappa shape index (κ1) is 14.3. The molecule has 15 heavy (non-hydrogen) atoms. The van der Waals surface area contributed by atoms with Gasteiger partial charge in [0, 0.05) is 11.2 Å². The molecule has 0 aromatic heterocycles. The summed E-state index contributed by atoms with van der Waals surface area (Å²) in [5, 5.41) is 0. The van der Waals surface area contributed by atoms with Crippen molar-refractivity contribution in [1.29, 1.82) is 0 Å². The van der Waals surface area contributed by atoms with Crippen LogP contribution in [0.2, 0.25) is 0 Å². The summed E-state index contributed by atoms with van der Waals surface area (Å²) in [5.74, 6) is -0.556. The number of unbranched alkanes of at least 4 members (excludes halogenated alkanes) is 1. The maximum atomic E-state index is 10.9. The topological polar surface area (TPSA) is 69.4 Å². The molecule has 2 N–H and O–H groups in total. The molecule has 0 rings (SSSR count). The van der Waals surface area contributed by atoms with E-state index in [1.165, 1.54) is 0 Å². The van der Waals surface area contributed by atoms with Crippen molar-refractivity contribution in [1.82, 2.24) is 0 Å². The lowest BCUT2D eigenvalue weighted by Gasteiger charge is -2.20. The van der Waals surface area contributed by atoms with Crippen LogP contribution >= 0.6 is 12.6 Å². The minimum Gasteiger partial charge on any atom is -0.376 e. The molecular weight excluding hydrogens is 214 g/mol. The molecule has 0 aliphatic carbocycles. The van der Waals surface area contributed by atoms with Gasteiger partial charge in [-0.05, 0) is 19.3 Å². The molecule has 0 saturated carbocycles. The van der Waals surface area contributed by atoms with Gasteiger partial charge in [0.25, 0.3) is 0 Å². The zero-order chi connectivity index (χ0) is 11.9. The molecule has 1 unspecified atom stereocenters. The van der Waals surface area contributed by atoms with E-state index >= 15 is 0 Å². The van der Waals surface area contributed by atoms with Crippen LogP contribution in [-0.2, 0) is 9.53 Å². The van der Waals surface area contributed by atoms with Crippen LogP contribution in [0.25, 0.3) is 0 Å². The second-order valence-corrected chi connectivity index (χ2v) is 4.93. The molecular formula is C10H19NO3S. The molecule has 0 aromatic carbocycles. The highest BCUT2D eigenvalue weighted by Crippen LogP contribution is 2.25. The SMILES string of the molecule is CCC(C)(S)CCCCC(=O)OC(N)=O. The van der Waals surface area contributed by atoms with Crippen LogP contribution in [0.15, 0.2) is 0 Å². The number of rotatable bonds is 6. The fourth-order valence-electron chi connectivity index (χ4n) is 1.12. The van der Waals surface area contributed by atoms with Crippen LogP contribution in [0.3, 0.4) is 0 Å². The minimum absolute atomic E-state index is 0.0214. The zero-order valence-corrected chi connectivity index (χ0v) is 10.2. The summed E-state index contributed by atoms with van der Waals surface area (Å²) >= 11 is 4.48. The molecule has 0 aromatic rings. The van der Waals surface area contributed by atoms with Crippen molar-refractivity contribution < 1.29 is 14.3 Å². The van der Waals surface area contributed by atoms with Crippen LogP contribution in [0.1, 0.15) is 46.0 Å². The third-order valence-corrected chi connectivity index (χ3v) is 2.86. The Morgan fingerprint density at radius 2 is 2.00 bits per heavy atom. The Morgan fingerprint density at radius 3 is 2.47 bits per heavy atom. The Bertz CT molecular complexity index is 229. The van der Waals surface area contributed by atoms with E-state index in [1.807, 2.05) is 0 Å². The highest BCUT2D eigenvalue weighted by Gasteiger charge is 2.15. The van der Waals surface area contributed by atoms with Crippen LogP contribution in [0.4, 0.5) is 4.79 Å². The number of primary amides is 1. The fourth-order valence-corrected chi connectivity index (χ4v) is 1.27. The molecule has 0 aliphatic heterocycles. The van der Waals surface area contributed by atoms with Gasteiger partial charge in [0.15, 0.2) is 0 Å². The van der Waals surface area contributed by atoms with Crippen molar-refractivity contribution in [3.63, 3.8) is 0 Å². The van der Waals surface area contributed by atoms with E-state index in [2.05, 4.69) is 31.2 Å². The van der Waals surface area contributed by atoms with Gasteiger partial charge in [0.2, 0.25) is 0 Å². The zero-order valence-electron chi connectivity index (χ0n) is 9.28. The predicted octanol–water partition coefficient (Wildman–Crippen LogP) is 2.27. The second-order valence-electron chi connectivity index (χ2n) is 3.85. The number of hydrogen-bond donors (Lipinski definition) is 2. The normalized spacial score (nSPS) is 14.3. The molecule has 0 fully saturated rings. The van der Waals surface area contributed by atoms with E-state index in [4.69, 9.17) is 5.73 Å². The van der Waals surface area contributed by atoms with Crippen LogP contribution < -0.4 is 5.73 Å². The van der Waals surface area contributed by atoms with E-state index in [9.17, 15) is 9.59 Å². The van der Waals surface area contributed by atoms with Gasteiger partial charge in [-0.25, -0.2) is 4.79 Å². The predicted molar refractivity (Wildman–Crippen MR) is 61.8 cm³/mol. The quantitative estimate of drug-likeness (QED) is 0.320. The summed E-state index contributed by atoms with van der Waals surface area (Å²) in [6.07, 6.45) is 2.71. The average Bonchev–Trinajstić information content (AvgIpc) is 2.11. The summed E-state index contributed by atoms with van der Waals surface area (Å²) in [7, 11) is 0. The number of hydrogen-bond acceptors (Lipinski definition) is 4. The van der Waals surface area contributed by atoms with Crippen LogP contribution in [0.5, 0.6) is 0 Å². The molecule has 0 saturated heterocycles. The highest BCUT2D eigenvalue weighted by molar-refractivity contribution is 7.81. The van der Waals surface area contributed by atoms with Crippen molar-refractivity contribution in [2.45, 2.75) is 50.7 Å². The minimum atomic E-state index is -1.03. The lowest BCUT2D eigenvalue weighted by atomic mass is 10.00. The van der Waals surface area contributed by atoms with Crippen molar-refractivity contribution in [2.24, 2.45) is 5.73 Å². The lowest BCUT2D eigenvalue weighted by molar-refractivity contribution is -0.137. The van der Waals surface area contributed by atoms with Gasteiger partial charge >= 0.3 is 12.1 Å². The summed E-state index contributed by atoms with van der Waals surface area (Å²) in [5.41, 5.74) is 4.69. The average molecular weight is 233 g/mol. The fraction of sp³-hybridized carbons (Fsp3) is 0.800. The van der Waals surface area contributed by atoms with E-state index in [0.717, 1.165) is 19.3 Å². The summed E-state index contributed by atoms with van der Waals surface area (Å²) in [6, 6.07) is 0. The van der Waals surface area contributed by atoms with E-state index < -0.39 is 12.1 Å². The molecule has 0 aliphatic rings. The second kappa shape index (κ2) is 6.71. The Labute approximate surface area is 96.0 Å². The molecule has 1 amide bonds. The Hall–Kier alpha value is -0.710. The van der Waals surface area contributed by atoms with Gasteiger partial charge in [0.1, 0.15) is 0 Å². The van der Waals surface area contributed by atoms with Crippen molar-refractivity contribution >= 4 is 24.7 Å². The summed E-state index contributed by atoms with van der Waals surface area (Å²) in [4.78, 5) is 21.1. The van der Waals surface area contributed by atoms with Crippen LogP contribution in [-0.4, -0.2) is 16.8 Å². The molecule has 5 heteroatoms. The molecule has 88 valence electrons. The van der Waals surface area contributed by atoms with E-state index in [0.29, 0.717) is 6.42 Å². The number of carbonyl (C=O) groups is 2. The van der Waals surface area contributed by atoms with Gasteiger partial charge in [-0.2, -0.15) is 12.6 Å². The molecule has 0 heterocycles. The smallest absolute Gasteiger partial charge is 0.376 e. The number of thiol groups is 1. The van der Waals surface area contributed by atoms with E-state index in [1.54, 1.807) is 0 Å². The standard InChI is InChI=1S/C10H19NO3S/c1-3-10(2,15)7-5-4-6-8(12)14-9(11)13/h15H,3-7H2,1-2H3,(H2,11,13). The van der Waals surface area contributed by atoms with Crippen molar-refractivity contribution in [2.75, 3.05) is 0 Å². The first-order chi connectivity index (χ1) is 6.87. The monoisotopic (exact) mass is 233 g/mol. The van der Waals surface area contributed by atoms with Gasteiger partial charge in [-0.1, -0.05) is 20.3 Å².